The number of ether oxygens (including phenoxy) is 1. The second-order valence-electron chi connectivity index (χ2n) is 7.59. The number of nitrogens with zero attached hydrogens (tertiary/aromatic N) is 1. The summed E-state index contributed by atoms with van der Waals surface area (Å²) in [5.74, 6) is -0.270. The van der Waals surface area contributed by atoms with E-state index in [0.29, 0.717) is 13.2 Å². The van der Waals surface area contributed by atoms with E-state index in [1.54, 1.807) is 0 Å². The Balaban J connectivity index is 0.00000576. The van der Waals surface area contributed by atoms with Crippen molar-refractivity contribution in [3.05, 3.63) is 0 Å². The van der Waals surface area contributed by atoms with Crippen molar-refractivity contribution >= 4 is 24.2 Å². The van der Waals surface area contributed by atoms with Crippen molar-refractivity contribution in [3.63, 3.8) is 0 Å². The number of amides is 2. The lowest BCUT2D eigenvalue weighted by atomic mass is 9.63. The van der Waals surface area contributed by atoms with Crippen molar-refractivity contribution in [1.82, 2.24) is 10.2 Å². The van der Waals surface area contributed by atoms with E-state index in [1.165, 1.54) is 0 Å². The number of rotatable bonds is 9. The van der Waals surface area contributed by atoms with E-state index in [4.69, 9.17) is 10.5 Å². The van der Waals surface area contributed by atoms with E-state index in [2.05, 4.69) is 26.1 Å². The third kappa shape index (κ3) is 5.83. The second kappa shape index (κ2) is 10.3. The first-order valence-electron chi connectivity index (χ1n) is 9.11. The average Bonchev–Trinajstić information content (AvgIpc) is 2.53. The highest BCUT2D eigenvalue weighted by molar-refractivity contribution is 5.87. The van der Waals surface area contributed by atoms with Gasteiger partial charge in [-0.15, -0.1) is 12.4 Å². The molecule has 3 atom stereocenters. The van der Waals surface area contributed by atoms with E-state index in [0.717, 1.165) is 12.8 Å². The Morgan fingerprint density at radius 1 is 1.32 bits per heavy atom. The number of nitrogens with one attached hydrogen (secondary N) is 1. The maximum absolute atomic E-state index is 12.6. The van der Waals surface area contributed by atoms with Gasteiger partial charge in [0.1, 0.15) is 0 Å². The highest BCUT2D eigenvalue weighted by Crippen LogP contribution is 2.45. The third-order valence-electron chi connectivity index (χ3n) is 5.09. The Morgan fingerprint density at radius 2 is 1.92 bits per heavy atom. The first kappa shape index (κ1) is 24.1. The molecule has 1 saturated carbocycles. The zero-order valence-corrected chi connectivity index (χ0v) is 17.3. The second-order valence-corrected chi connectivity index (χ2v) is 7.59. The van der Waals surface area contributed by atoms with Crippen LogP contribution in [-0.4, -0.2) is 54.6 Å². The molecule has 3 N–H and O–H groups in total. The minimum absolute atomic E-state index is 0. The normalized spacial score (nSPS) is 22.6. The molecular weight excluding hydrogens is 342 g/mol. The predicted molar refractivity (Wildman–Crippen MR) is 103 cm³/mol. The van der Waals surface area contributed by atoms with E-state index in [-0.39, 0.29) is 54.2 Å². The molecule has 6 nitrogen and oxygen atoms in total. The van der Waals surface area contributed by atoms with E-state index in [1.807, 2.05) is 25.7 Å². The minimum atomic E-state index is -0.583. The number of hydrogen-bond acceptors (Lipinski definition) is 4. The number of carbonyl (C=O) groups is 2. The molecular formula is C18H36ClN3O3. The lowest BCUT2D eigenvalue weighted by Gasteiger charge is -2.55. The first-order valence-corrected chi connectivity index (χ1v) is 9.11. The molecule has 0 radical (unpaired) electrons. The molecule has 7 heteroatoms. The number of carbonyl (C=O) groups excluding carboxylic acids is 2. The Labute approximate surface area is 158 Å². The van der Waals surface area contributed by atoms with Gasteiger partial charge in [0.15, 0.2) is 0 Å². The summed E-state index contributed by atoms with van der Waals surface area (Å²) in [7, 11) is 0. The summed E-state index contributed by atoms with van der Waals surface area (Å²) in [6, 6.07) is -0.433. The maximum Gasteiger partial charge on any atom is 0.242 e. The molecule has 0 aromatic carbocycles. The van der Waals surface area contributed by atoms with Gasteiger partial charge in [0.2, 0.25) is 11.8 Å². The summed E-state index contributed by atoms with van der Waals surface area (Å²) in [6.07, 6.45) is 1.92. The Hall–Kier alpha value is -0.850. The maximum atomic E-state index is 12.6. The van der Waals surface area contributed by atoms with Gasteiger partial charge in [0.25, 0.3) is 0 Å². The van der Waals surface area contributed by atoms with Crippen LogP contribution >= 0.6 is 12.4 Å². The Morgan fingerprint density at radius 3 is 2.36 bits per heavy atom. The molecule has 1 fully saturated rings. The van der Waals surface area contributed by atoms with Crippen LogP contribution in [0.15, 0.2) is 0 Å². The van der Waals surface area contributed by atoms with Crippen LogP contribution in [0.3, 0.4) is 0 Å². The lowest BCUT2D eigenvalue weighted by molar-refractivity contribution is -0.167. The van der Waals surface area contributed by atoms with Crippen molar-refractivity contribution in [3.8, 4) is 0 Å². The summed E-state index contributed by atoms with van der Waals surface area (Å²) in [5, 5.41) is 2.68. The highest BCUT2D eigenvalue weighted by Gasteiger charge is 2.52. The molecule has 0 aliphatic heterocycles. The van der Waals surface area contributed by atoms with Crippen LogP contribution in [0.4, 0.5) is 0 Å². The zero-order chi connectivity index (χ0) is 18.5. The topological polar surface area (TPSA) is 84.7 Å². The standard InChI is InChI=1S/C18H35N3O3.ClH/c1-7-9-21(13-10-14(24-8-2)18(13,5)6)15(22)11-20-17(23)16(19)12(3)4;/h12-14,16H,7-11,19H2,1-6H3,(H,20,23);1H/t13?,14?,16-;/m0./s1. The van der Waals surface area contributed by atoms with Gasteiger partial charge in [-0.05, 0) is 25.7 Å². The Bertz CT molecular complexity index is 443. The lowest BCUT2D eigenvalue weighted by Crippen LogP contribution is -2.64. The zero-order valence-electron chi connectivity index (χ0n) is 16.5. The average molecular weight is 378 g/mol. The molecule has 2 unspecified atom stereocenters. The monoisotopic (exact) mass is 377 g/mol. The summed E-state index contributed by atoms with van der Waals surface area (Å²) in [5.41, 5.74) is 5.75. The first-order chi connectivity index (χ1) is 11.2. The summed E-state index contributed by atoms with van der Waals surface area (Å²) >= 11 is 0. The van der Waals surface area contributed by atoms with Gasteiger partial charge in [-0.3, -0.25) is 9.59 Å². The molecule has 1 aliphatic carbocycles. The molecule has 25 heavy (non-hydrogen) atoms. The molecule has 0 aromatic heterocycles. The van der Waals surface area contributed by atoms with E-state index in [9.17, 15) is 9.59 Å². The fourth-order valence-electron chi connectivity index (χ4n) is 3.26. The van der Waals surface area contributed by atoms with E-state index < -0.39 is 6.04 Å². The quantitative estimate of drug-likeness (QED) is 0.643. The van der Waals surface area contributed by atoms with Gasteiger partial charge in [-0.1, -0.05) is 34.6 Å². The van der Waals surface area contributed by atoms with Crippen molar-refractivity contribution in [2.45, 2.75) is 72.6 Å². The van der Waals surface area contributed by atoms with Crippen molar-refractivity contribution < 1.29 is 14.3 Å². The Kier molecular flexibility index (Phi) is 9.98. The molecule has 1 rings (SSSR count). The SMILES string of the molecule is CCCN(C(=O)CNC(=O)[C@@H](N)C(C)C)C1CC(OCC)C1(C)C.Cl. The van der Waals surface area contributed by atoms with Gasteiger partial charge in [0, 0.05) is 24.6 Å². The number of hydrogen-bond donors (Lipinski definition) is 2. The van der Waals surface area contributed by atoms with E-state index >= 15 is 0 Å². The molecule has 0 heterocycles. The molecule has 0 saturated heterocycles. The molecule has 1 aliphatic rings. The third-order valence-corrected chi connectivity index (χ3v) is 5.09. The minimum Gasteiger partial charge on any atom is -0.378 e. The molecule has 148 valence electrons. The number of halogens is 1. The van der Waals surface area contributed by atoms with Crippen LogP contribution in [0, 0.1) is 11.3 Å². The van der Waals surface area contributed by atoms with Gasteiger partial charge >= 0.3 is 0 Å². The van der Waals surface area contributed by atoms with Gasteiger partial charge in [-0.2, -0.15) is 0 Å². The number of nitrogens with two attached hydrogens (primary N) is 1. The molecule has 0 aromatic rings. The smallest absolute Gasteiger partial charge is 0.242 e. The summed E-state index contributed by atoms with van der Waals surface area (Å²) < 4.78 is 5.76. The molecule has 2 amide bonds. The van der Waals surface area contributed by atoms with Crippen LogP contribution in [-0.2, 0) is 14.3 Å². The van der Waals surface area contributed by atoms with Crippen LogP contribution in [0.2, 0.25) is 0 Å². The fourth-order valence-corrected chi connectivity index (χ4v) is 3.26. The van der Waals surface area contributed by atoms with Crippen LogP contribution in [0.25, 0.3) is 0 Å². The summed E-state index contributed by atoms with van der Waals surface area (Å²) in [4.78, 5) is 26.5. The highest BCUT2D eigenvalue weighted by atomic mass is 35.5. The fraction of sp³-hybridized carbons (Fsp3) is 0.889. The van der Waals surface area contributed by atoms with Crippen LogP contribution < -0.4 is 11.1 Å². The van der Waals surface area contributed by atoms with Gasteiger partial charge in [0.05, 0.1) is 18.7 Å². The van der Waals surface area contributed by atoms with Gasteiger partial charge in [-0.25, -0.2) is 0 Å². The van der Waals surface area contributed by atoms with Crippen LogP contribution in [0.1, 0.15) is 54.4 Å². The van der Waals surface area contributed by atoms with Gasteiger partial charge < -0.3 is 20.7 Å². The largest absolute Gasteiger partial charge is 0.378 e. The summed E-state index contributed by atoms with van der Waals surface area (Å²) in [6.45, 7) is 13.5. The van der Waals surface area contributed by atoms with Crippen molar-refractivity contribution in [1.29, 1.82) is 0 Å². The predicted octanol–water partition coefficient (Wildman–Crippen LogP) is 1.95. The molecule has 0 spiro atoms. The van der Waals surface area contributed by atoms with Crippen molar-refractivity contribution in [2.24, 2.45) is 17.1 Å². The molecule has 0 bridgehead atoms. The van der Waals surface area contributed by atoms with Crippen LogP contribution in [0.5, 0.6) is 0 Å². The van der Waals surface area contributed by atoms with Crippen molar-refractivity contribution in [2.75, 3.05) is 19.7 Å².